The van der Waals surface area contributed by atoms with Crippen molar-refractivity contribution in [3.8, 4) is 0 Å². The van der Waals surface area contributed by atoms with E-state index in [0.717, 1.165) is 12.2 Å². The van der Waals surface area contributed by atoms with Crippen LogP contribution in [0, 0.1) is 10.5 Å². The summed E-state index contributed by atoms with van der Waals surface area (Å²) in [4.78, 5) is 0. The standard InChI is InChI=1S/C14H16INO/c1-10-5-3-7-12(14(10)15)13(16-2)9-11-6-4-8-17-11/h3-8,13,16H,9H2,1-2H3. The molecule has 0 saturated heterocycles. The van der Waals surface area contributed by atoms with Gasteiger partial charge in [0.1, 0.15) is 5.76 Å². The van der Waals surface area contributed by atoms with E-state index in [2.05, 4.69) is 53.0 Å². The number of furan rings is 1. The zero-order chi connectivity index (χ0) is 12.3. The fourth-order valence-corrected chi connectivity index (χ4v) is 2.67. The van der Waals surface area contributed by atoms with E-state index < -0.39 is 0 Å². The second kappa shape index (κ2) is 5.69. The molecule has 0 aliphatic carbocycles. The van der Waals surface area contributed by atoms with E-state index in [-0.39, 0.29) is 0 Å². The first kappa shape index (κ1) is 12.6. The Morgan fingerprint density at radius 3 is 2.76 bits per heavy atom. The number of benzene rings is 1. The van der Waals surface area contributed by atoms with Gasteiger partial charge in [-0.25, -0.2) is 0 Å². The third-order valence-electron chi connectivity index (χ3n) is 2.93. The van der Waals surface area contributed by atoms with Crippen LogP contribution in [0.2, 0.25) is 0 Å². The molecule has 2 rings (SSSR count). The van der Waals surface area contributed by atoms with Gasteiger partial charge in [-0.15, -0.1) is 0 Å². The Hall–Kier alpha value is -0.810. The minimum atomic E-state index is 0.299. The van der Waals surface area contributed by atoms with Crippen molar-refractivity contribution in [3.63, 3.8) is 0 Å². The van der Waals surface area contributed by atoms with Crippen LogP contribution in [0.25, 0.3) is 0 Å². The number of hydrogen-bond donors (Lipinski definition) is 1. The van der Waals surface area contributed by atoms with Crippen molar-refractivity contribution in [3.05, 3.63) is 57.1 Å². The van der Waals surface area contributed by atoms with Crippen molar-refractivity contribution in [1.82, 2.24) is 5.32 Å². The molecule has 2 aromatic rings. The number of halogens is 1. The van der Waals surface area contributed by atoms with Gasteiger partial charge >= 0.3 is 0 Å². The van der Waals surface area contributed by atoms with Crippen LogP contribution in [-0.2, 0) is 6.42 Å². The summed E-state index contributed by atoms with van der Waals surface area (Å²) in [5.41, 5.74) is 2.66. The van der Waals surface area contributed by atoms with Crippen molar-refractivity contribution in [2.75, 3.05) is 7.05 Å². The Morgan fingerprint density at radius 1 is 1.29 bits per heavy atom. The van der Waals surface area contributed by atoms with Gasteiger partial charge in [-0.2, -0.15) is 0 Å². The van der Waals surface area contributed by atoms with Crippen LogP contribution in [0.5, 0.6) is 0 Å². The fourth-order valence-electron chi connectivity index (χ4n) is 1.94. The molecular weight excluding hydrogens is 325 g/mol. The van der Waals surface area contributed by atoms with Gasteiger partial charge in [0.15, 0.2) is 0 Å². The summed E-state index contributed by atoms with van der Waals surface area (Å²) in [5.74, 6) is 1.02. The molecule has 17 heavy (non-hydrogen) atoms. The first-order chi connectivity index (χ1) is 8.22. The van der Waals surface area contributed by atoms with E-state index in [1.165, 1.54) is 14.7 Å². The van der Waals surface area contributed by atoms with Gasteiger partial charge in [0.25, 0.3) is 0 Å². The Labute approximate surface area is 116 Å². The summed E-state index contributed by atoms with van der Waals surface area (Å²) >= 11 is 2.41. The second-order valence-electron chi connectivity index (χ2n) is 4.10. The Balaban J connectivity index is 2.26. The molecule has 0 spiro atoms. The van der Waals surface area contributed by atoms with Crippen molar-refractivity contribution in [1.29, 1.82) is 0 Å². The topological polar surface area (TPSA) is 25.2 Å². The molecule has 1 aromatic carbocycles. The zero-order valence-corrected chi connectivity index (χ0v) is 12.2. The maximum Gasteiger partial charge on any atom is 0.105 e. The molecule has 0 fully saturated rings. The fraction of sp³-hybridized carbons (Fsp3) is 0.286. The number of nitrogens with one attached hydrogen (secondary N) is 1. The van der Waals surface area contributed by atoms with Crippen LogP contribution in [-0.4, -0.2) is 7.05 Å². The van der Waals surface area contributed by atoms with Crippen molar-refractivity contribution in [2.24, 2.45) is 0 Å². The first-order valence-corrected chi connectivity index (χ1v) is 6.75. The maximum absolute atomic E-state index is 5.41. The molecule has 0 bridgehead atoms. The predicted octanol–water partition coefficient (Wildman–Crippen LogP) is 3.70. The third-order valence-corrected chi connectivity index (χ3v) is 4.40. The molecule has 1 aromatic heterocycles. The predicted molar refractivity (Wildman–Crippen MR) is 78.1 cm³/mol. The van der Waals surface area contributed by atoms with Gasteiger partial charge in [0.2, 0.25) is 0 Å². The van der Waals surface area contributed by atoms with Crippen LogP contribution in [0.15, 0.2) is 41.0 Å². The summed E-state index contributed by atoms with van der Waals surface area (Å²) in [5, 5.41) is 3.36. The van der Waals surface area contributed by atoms with Crippen LogP contribution in [0.4, 0.5) is 0 Å². The summed E-state index contributed by atoms with van der Waals surface area (Å²) in [6.45, 7) is 2.14. The molecule has 1 heterocycles. The number of rotatable bonds is 4. The lowest BCUT2D eigenvalue weighted by molar-refractivity contribution is 0.465. The monoisotopic (exact) mass is 341 g/mol. The van der Waals surface area contributed by atoms with E-state index in [9.17, 15) is 0 Å². The van der Waals surface area contributed by atoms with E-state index >= 15 is 0 Å². The van der Waals surface area contributed by atoms with Crippen LogP contribution >= 0.6 is 22.6 Å². The Kier molecular flexibility index (Phi) is 4.23. The lowest BCUT2D eigenvalue weighted by Crippen LogP contribution is -2.20. The molecule has 0 aliphatic heterocycles. The highest BCUT2D eigenvalue weighted by molar-refractivity contribution is 14.1. The summed E-state index contributed by atoms with van der Waals surface area (Å²) in [7, 11) is 1.99. The summed E-state index contributed by atoms with van der Waals surface area (Å²) in [6, 6.07) is 10.7. The van der Waals surface area contributed by atoms with Gasteiger partial charge in [0, 0.05) is 16.0 Å². The molecule has 0 amide bonds. The van der Waals surface area contributed by atoms with Crippen molar-refractivity contribution >= 4 is 22.6 Å². The van der Waals surface area contributed by atoms with Gasteiger partial charge < -0.3 is 9.73 Å². The molecular formula is C14H16INO. The molecule has 90 valence electrons. The van der Waals surface area contributed by atoms with Crippen LogP contribution in [0.3, 0.4) is 0 Å². The normalized spacial score (nSPS) is 12.6. The van der Waals surface area contributed by atoms with Gasteiger partial charge in [-0.05, 0) is 59.8 Å². The van der Waals surface area contributed by atoms with Crippen molar-refractivity contribution in [2.45, 2.75) is 19.4 Å². The molecule has 0 radical (unpaired) electrons. The van der Waals surface area contributed by atoms with Gasteiger partial charge in [-0.1, -0.05) is 18.2 Å². The minimum absolute atomic E-state index is 0.299. The highest BCUT2D eigenvalue weighted by Gasteiger charge is 2.15. The molecule has 1 atom stereocenters. The molecule has 0 aliphatic rings. The smallest absolute Gasteiger partial charge is 0.105 e. The number of hydrogen-bond acceptors (Lipinski definition) is 2. The summed E-state index contributed by atoms with van der Waals surface area (Å²) < 4.78 is 6.74. The quantitative estimate of drug-likeness (QED) is 0.858. The number of aryl methyl sites for hydroxylation is 1. The third kappa shape index (κ3) is 2.90. The van der Waals surface area contributed by atoms with E-state index in [0.29, 0.717) is 6.04 Å². The molecule has 1 N–H and O–H groups in total. The average molecular weight is 341 g/mol. The molecule has 0 saturated carbocycles. The largest absolute Gasteiger partial charge is 0.469 e. The lowest BCUT2D eigenvalue weighted by Gasteiger charge is -2.18. The average Bonchev–Trinajstić information content (AvgIpc) is 2.83. The Morgan fingerprint density at radius 2 is 2.12 bits per heavy atom. The van der Waals surface area contributed by atoms with E-state index in [1.807, 2.05) is 19.2 Å². The van der Waals surface area contributed by atoms with Crippen LogP contribution in [0.1, 0.15) is 22.9 Å². The summed E-state index contributed by atoms with van der Waals surface area (Å²) in [6.07, 6.45) is 2.60. The number of likely N-dealkylation sites (N-methyl/N-ethyl adjacent to an activating group) is 1. The van der Waals surface area contributed by atoms with Gasteiger partial charge in [-0.3, -0.25) is 0 Å². The van der Waals surface area contributed by atoms with Crippen LogP contribution < -0.4 is 5.32 Å². The second-order valence-corrected chi connectivity index (χ2v) is 5.18. The Bertz CT molecular complexity index is 479. The molecule has 3 heteroatoms. The van der Waals surface area contributed by atoms with Crippen molar-refractivity contribution < 1.29 is 4.42 Å². The van der Waals surface area contributed by atoms with E-state index in [4.69, 9.17) is 4.42 Å². The maximum atomic E-state index is 5.41. The minimum Gasteiger partial charge on any atom is -0.469 e. The molecule has 1 unspecified atom stereocenters. The van der Waals surface area contributed by atoms with Gasteiger partial charge in [0.05, 0.1) is 6.26 Å². The zero-order valence-electron chi connectivity index (χ0n) is 10.0. The highest BCUT2D eigenvalue weighted by Crippen LogP contribution is 2.25. The molecule has 2 nitrogen and oxygen atoms in total. The lowest BCUT2D eigenvalue weighted by atomic mass is 10.0. The van der Waals surface area contributed by atoms with E-state index in [1.54, 1.807) is 6.26 Å². The highest BCUT2D eigenvalue weighted by atomic mass is 127. The SMILES string of the molecule is CNC(Cc1ccco1)c1cccc(C)c1I. The first-order valence-electron chi connectivity index (χ1n) is 5.67.